The Morgan fingerprint density at radius 1 is 1.37 bits per heavy atom. The van der Waals surface area contributed by atoms with Gasteiger partial charge in [-0.25, -0.2) is 9.59 Å². The van der Waals surface area contributed by atoms with Crippen molar-refractivity contribution in [2.75, 3.05) is 24.8 Å². The lowest BCUT2D eigenvalue weighted by Crippen LogP contribution is -2.46. The van der Waals surface area contributed by atoms with Crippen molar-refractivity contribution in [3.63, 3.8) is 0 Å². The molecule has 0 fully saturated rings. The molecular formula is C11H22N2O4S2. The number of rotatable bonds is 9. The average molecular weight is 310 g/mol. The largest absolute Gasteiger partial charge is 0.480 e. The van der Waals surface area contributed by atoms with Gasteiger partial charge in [0, 0.05) is 28.9 Å². The van der Waals surface area contributed by atoms with Gasteiger partial charge in [0.1, 0.15) is 6.04 Å². The second-order valence-electron chi connectivity index (χ2n) is 4.17. The zero-order valence-electron chi connectivity index (χ0n) is 11.5. The third-order valence-electron chi connectivity index (χ3n) is 2.62. The molecule has 3 N–H and O–H groups in total. The van der Waals surface area contributed by atoms with Gasteiger partial charge in [-0.05, 0) is 24.9 Å². The number of aliphatic carboxylic acids is 1. The normalized spacial score (nSPS) is 15.3. The van der Waals surface area contributed by atoms with Crippen molar-refractivity contribution in [2.45, 2.75) is 31.1 Å². The van der Waals surface area contributed by atoms with Gasteiger partial charge in [0.2, 0.25) is 0 Å². The number of amides is 2. The van der Waals surface area contributed by atoms with Crippen molar-refractivity contribution in [3.05, 3.63) is 0 Å². The van der Waals surface area contributed by atoms with Gasteiger partial charge in [0.25, 0.3) is 0 Å². The highest BCUT2D eigenvalue weighted by molar-refractivity contribution is 7.98. The quantitative estimate of drug-likeness (QED) is 0.581. The van der Waals surface area contributed by atoms with E-state index in [2.05, 4.69) is 10.6 Å². The maximum absolute atomic E-state index is 11.5. The average Bonchev–Trinajstić information content (AvgIpc) is 2.33. The van der Waals surface area contributed by atoms with E-state index in [1.54, 1.807) is 6.26 Å². The Balaban J connectivity index is 3.99. The Morgan fingerprint density at radius 2 is 2.00 bits per heavy atom. The van der Waals surface area contributed by atoms with Crippen LogP contribution in [0.15, 0.2) is 0 Å². The molecule has 0 aliphatic heterocycles. The number of hydrogen-bond acceptors (Lipinski definition) is 4. The molecular weight excluding hydrogens is 288 g/mol. The molecule has 0 aliphatic rings. The van der Waals surface area contributed by atoms with E-state index in [1.807, 2.05) is 13.2 Å². The SMILES string of the molecule is CSCC[C@H](NC(=O)NCCC(C)S(C)=O)C(=O)O. The van der Waals surface area contributed by atoms with E-state index in [-0.39, 0.29) is 5.25 Å². The highest BCUT2D eigenvalue weighted by Gasteiger charge is 2.19. The first-order valence-electron chi connectivity index (χ1n) is 5.96. The number of urea groups is 1. The molecule has 8 heteroatoms. The summed E-state index contributed by atoms with van der Waals surface area (Å²) in [4.78, 5) is 22.4. The third-order valence-corrected chi connectivity index (χ3v) is 4.63. The molecule has 19 heavy (non-hydrogen) atoms. The minimum absolute atomic E-state index is 0.00654. The van der Waals surface area contributed by atoms with Crippen LogP contribution >= 0.6 is 11.8 Å². The summed E-state index contributed by atoms with van der Waals surface area (Å²) in [6.07, 6.45) is 4.48. The standard InChI is InChI=1S/C11H22N2O4S2/c1-8(19(3)17)4-6-12-11(16)13-9(10(14)15)5-7-18-2/h8-9H,4-7H2,1-3H3,(H,14,15)(H2,12,13,16)/t8?,9-,19?/m0/s1. The summed E-state index contributed by atoms with van der Waals surface area (Å²) < 4.78 is 11.1. The molecule has 0 spiro atoms. The van der Waals surface area contributed by atoms with Crippen LogP contribution in [-0.4, -0.2) is 57.4 Å². The Labute approximate surface area is 120 Å². The predicted molar refractivity (Wildman–Crippen MR) is 79.1 cm³/mol. The van der Waals surface area contributed by atoms with Crippen molar-refractivity contribution in [3.8, 4) is 0 Å². The zero-order valence-corrected chi connectivity index (χ0v) is 13.1. The van der Waals surface area contributed by atoms with Crippen molar-refractivity contribution < 1.29 is 18.9 Å². The highest BCUT2D eigenvalue weighted by Crippen LogP contribution is 2.01. The number of nitrogens with one attached hydrogen (secondary N) is 2. The smallest absolute Gasteiger partial charge is 0.326 e. The first-order chi connectivity index (χ1) is 8.88. The van der Waals surface area contributed by atoms with Gasteiger partial charge in [0.05, 0.1) is 0 Å². The van der Waals surface area contributed by atoms with E-state index >= 15 is 0 Å². The maximum Gasteiger partial charge on any atom is 0.326 e. The predicted octanol–water partition coefficient (Wildman–Crippen LogP) is 0.649. The number of carboxylic acids is 1. The van der Waals surface area contributed by atoms with Crippen LogP contribution in [0.25, 0.3) is 0 Å². The van der Waals surface area contributed by atoms with Gasteiger partial charge in [-0.2, -0.15) is 11.8 Å². The van der Waals surface area contributed by atoms with E-state index in [1.165, 1.54) is 11.8 Å². The van der Waals surface area contributed by atoms with Crippen molar-refractivity contribution >= 4 is 34.6 Å². The second-order valence-corrected chi connectivity index (χ2v) is 6.96. The van der Waals surface area contributed by atoms with Crippen LogP contribution in [0.2, 0.25) is 0 Å². The minimum Gasteiger partial charge on any atom is -0.480 e. The highest BCUT2D eigenvalue weighted by atomic mass is 32.2. The Kier molecular flexibility index (Phi) is 9.68. The fourth-order valence-corrected chi connectivity index (χ4v) is 2.18. The molecule has 3 atom stereocenters. The van der Waals surface area contributed by atoms with E-state index in [4.69, 9.17) is 5.11 Å². The summed E-state index contributed by atoms with van der Waals surface area (Å²) in [7, 11) is -0.916. The van der Waals surface area contributed by atoms with Crippen LogP contribution in [0.4, 0.5) is 4.79 Å². The second kappa shape index (κ2) is 10.1. The van der Waals surface area contributed by atoms with Crippen molar-refractivity contribution in [1.82, 2.24) is 10.6 Å². The molecule has 0 aromatic heterocycles. The molecule has 0 radical (unpaired) electrons. The Bertz CT molecular complexity index is 326. The third kappa shape index (κ3) is 8.88. The molecule has 0 heterocycles. The number of carboxylic acid groups (broad SMARTS) is 1. The summed E-state index contributed by atoms with van der Waals surface area (Å²) >= 11 is 1.53. The Hall–Kier alpha value is -0.760. The van der Waals surface area contributed by atoms with Gasteiger partial charge < -0.3 is 15.7 Å². The molecule has 0 saturated carbocycles. The topological polar surface area (TPSA) is 95.5 Å². The molecule has 2 amide bonds. The summed E-state index contributed by atoms with van der Waals surface area (Å²) in [6, 6.07) is -1.37. The summed E-state index contributed by atoms with van der Waals surface area (Å²) in [5, 5.41) is 13.9. The van der Waals surface area contributed by atoms with Gasteiger partial charge in [-0.3, -0.25) is 4.21 Å². The summed E-state index contributed by atoms with van der Waals surface area (Å²) in [5.41, 5.74) is 0. The van der Waals surface area contributed by atoms with Crippen LogP contribution in [-0.2, 0) is 15.6 Å². The first-order valence-corrected chi connectivity index (χ1v) is 8.98. The van der Waals surface area contributed by atoms with Crippen LogP contribution in [0.3, 0.4) is 0 Å². The van der Waals surface area contributed by atoms with Crippen LogP contribution < -0.4 is 10.6 Å². The van der Waals surface area contributed by atoms with Crippen molar-refractivity contribution in [1.29, 1.82) is 0 Å². The molecule has 0 aromatic rings. The van der Waals surface area contributed by atoms with Crippen LogP contribution in [0.1, 0.15) is 19.8 Å². The molecule has 0 aliphatic carbocycles. The fraction of sp³-hybridized carbons (Fsp3) is 0.818. The van der Waals surface area contributed by atoms with Gasteiger partial charge in [-0.1, -0.05) is 6.92 Å². The molecule has 0 saturated heterocycles. The lowest BCUT2D eigenvalue weighted by atomic mass is 10.2. The van der Waals surface area contributed by atoms with Gasteiger partial charge in [0.15, 0.2) is 0 Å². The molecule has 0 bridgehead atoms. The van der Waals surface area contributed by atoms with Crippen LogP contribution in [0.5, 0.6) is 0 Å². The van der Waals surface area contributed by atoms with Crippen LogP contribution in [0, 0.1) is 0 Å². The minimum atomic E-state index is -1.03. The molecule has 112 valence electrons. The lowest BCUT2D eigenvalue weighted by Gasteiger charge is -2.15. The summed E-state index contributed by atoms with van der Waals surface area (Å²) in [6.45, 7) is 2.22. The van der Waals surface area contributed by atoms with E-state index in [0.29, 0.717) is 25.1 Å². The van der Waals surface area contributed by atoms with Crippen molar-refractivity contribution in [2.24, 2.45) is 0 Å². The zero-order chi connectivity index (χ0) is 14.8. The van der Waals surface area contributed by atoms with E-state index in [0.717, 1.165) is 0 Å². The molecule has 0 rings (SSSR count). The Morgan fingerprint density at radius 3 is 2.47 bits per heavy atom. The van der Waals surface area contributed by atoms with Gasteiger partial charge in [-0.15, -0.1) is 0 Å². The maximum atomic E-state index is 11.5. The summed E-state index contributed by atoms with van der Waals surface area (Å²) in [5.74, 6) is -0.365. The van der Waals surface area contributed by atoms with Gasteiger partial charge >= 0.3 is 12.0 Å². The lowest BCUT2D eigenvalue weighted by molar-refractivity contribution is -0.139. The first kappa shape index (κ1) is 18.2. The molecule has 2 unspecified atom stereocenters. The number of carbonyl (C=O) groups excluding carboxylic acids is 1. The van der Waals surface area contributed by atoms with E-state index < -0.39 is 28.8 Å². The number of carbonyl (C=O) groups is 2. The molecule has 6 nitrogen and oxygen atoms in total. The number of thioether (sulfide) groups is 1. The number of hydrogen-bond donors (Lipinski definition) is 3. The molecule has 0 aromatic carbocycles. The van der Waals surface area contributed by atoms with E-state index in [9.17, 15) is 13.8 Å². The fourth-order valence-electron chi connectivity index (χ4n) is 1.26. The monoisotopic (exact) mass is 310 g/mol.